The quantitative estimate of drug-likeness (QED) is 0.129. The van der Waals surface area contributed by atoms with Crippen molar-refractivity contribution in [3.8, 4) is 5.75 Å². The van der Waals surface area contributed by atoms with E-state index in [1.807, 2.05) is 0 Å². The van der Waals surface area contributed by atoms with E-state index in [9.17, 15) is 33.3 Å². The highest BCUT2D eigenvalue weighted by Gasteiger charge is 2.50. The van der Waals surface area contributed by atoms with Crippen LogP contribution in [0.25, 0.3) is 6.08 Å². The lowest BCUT2D eigenvalue weighted by atomic mass is 9.98. The minimum absolute atomic E-state index is 0.132. The average molecular weight is 567 g/mol. The van der Waals surface area contributed by atoms with Crippen LogP contribution >= 0.6 is 15.9 Å². The molecule has 0 bridgehead atoms. The monoisotopic (exact) mass is 566 g/mol. The first-order valence-electron chi connectivity index (χ1n) is 9.37. The van der Waals surface area contributed by atoms with Gasteiger partial charge >= 0.3 is 18.1 Å². The summed E-state index contributed by atoms with van der Waals surface area (Å²) in [7, 11) is 1.00. The number of benzene rings is 1. The molecule has 1 aromatic carbocycles. The largest absolute Gasteiger partial charge is 0.475 e. The molecule has 2 aliphatic rings. The number of hydrogen-bond donors (Lipinski definition) is 8. The van der Waals surface area contributed by atoms with Gasteiger partial charge in [-0.15, -0.1) is 0 Å². The molecule has 3 rings (SSSR count). The lowest BCUT2D eigenvalue weighted by Gasteiger charge is -2.30. The summed E-state index contributed by atoms with van der Waals surface area (Å²) >= 11 is 2.99. The predicted molar refractivity (Wildman–Crippen MR) is 112 cm³/mol. The summed E-state index contributed by atoms with van der Waals surface area (Å²) in [6.07, 6.45) is -4.25. The minimum atomic E-state index is -5.04. The van der Waals surface area contributed by atoms with Gasteiger partial charge in [-0.25, -0.2) is 21.8 Å². The maximum absolute atomic E-state index is 13.2. The molecule has 1 atom stereocenters. The number of nitrogens with two attached hydrogens (primary N) is 1. The normalized spacial score (nSPS) is 16.7. The lowest BCUT2D eigenvalue weighted by Crippen LogP contribution is -2.42. The van der Waals surface area contributed by atoms with Gasteiger partial charge in [0.25, 0.3) is 0 Å². The van der Waals surface area contributed by atoms with Crippen LogP contribution in [0, 0.1) is 0 Å². The van der Waals surface area contributed by atoms with E-state index in [4.69, 9.17) is 15.1 Å². The van der Waals surface area contributed by atoms with E-state index in [1.165, 1.54) is 32.0 Å². The summed E-state index contributed by atoms with van der Waals surface area (Å²) in [5.74, 6) is 1.37. The molecule has 1 saturated heterocycles. The number of nitrogens with one attached hydrogen (secondary N) is 1. The van der Waals surface area contributed by atoms with E-state index < -0.39 is 47.9 Å². The summed E-state index contributed by atoms with van der Waals surface area (Å²) in [5.41, 5.74) is -1.80. The Kier molecular flexibility index (Phi) is 14.4. The fourth-order valence-corrected chi connectivity index (χ4v) is 3.21. The van der Waals surface area contributed by atoms with Crippen molar-refractivity contribution in [2.75, 3.05) is 27.0 Å². The first kappa shape index (κ1) is 32.1. The van der Waals surface area contributed by atoms with Gasteiger partial charge in [-0.3, -0.25) is 4.84 Å². The third kappa shape index (κ3) is 9.79. The summed E-state index contributed by atoms with van der Waals surface area (Å²) in [5, 5.41) is 45.0. The minimum Gasteiger partial charge on any atom is -0.475 e. The van der Waals surface area contributed by atoms with Crippen molar-refractivity contribution in [2.45, 2.75) is 31.1 Å². The number of ether oxygens (including phenoxy) is 2. The molecule has 0 saturated carbocycles. The second-order valence-corrected chi connectivity index (χ2v) is 7.24. The lowest BCUT2D eigenvalue weighted by molar-refractivity contribution is -0.670. The van der Waals surface area contributed by atoms with Crippen LogP contribution in [0.3, 0.4) is 0 Å². The average Bonchev–Trinajstić information content (AvgIpc) is 3.38. The number of halogens is 4. The zero-order chi connectivity index (χ0) is 26.5. The molecule has 11 N–H and O–H groups in total. The number of hydrogen-bond acceptors (Lipinski definition) is 11. The van der Waals surface area contributed by atoms with Crippen LogP contribution in [0.1, 0.15) is 24.0 Å². The second kappa shape index (κ2) is 15.2. The Balaban J connectivity index is 0.00000103. The Bertz CT molecular complexity index is 794. The van der Waals surface area contributed by atoms with Crippen molar-refractivity contribution >= 4 is 28.0 Å². The van der Waals surface area contributed by atoms with E-state index in [0.29, 0.717) is 0 Å². The number of quaternary nitrogens is 1. The van der Waals surface area contributed by atoms with Crippen molar-refractivity contribution in [3.05, 3.63) is 33.3 Å². The standard InChI is InChI=1S/C13H11BrF3NO7.C4H9N.CH4O.H4NO/c14-6-1-5-2-7(11(19)23-4-24-18)10(12(15,16)17)25-9(5)8(3-6)13(20,21)22;1-2-4-5-3-1;2*1-2/h1-3,10,20-22H,4,18H2;5H,1-4H2;2*2H,1H3/q;;;+1. The van der Waals surface area contributed by atoms with Gasteiger partial charge in [-0.1, -0.05) is 15.9 Å². The summed E-state index contributed by atoms with van der Waals surface area (Å²) in [6, 6.07) is 2.19. The molecule has 196 valence electrons. The van der Waals surface area contributed by atoms with Crippen molar-refractivity contribution in [1.29, 1.82) is 0 Å². The third-order valence-electron chi connectivity index (χ3n) is 4.02. The number of carbonyl (C=O) groups is 1. The highest BCUT2D eigenvalue weighted by molar-refractivity contribution is 9.10. The van der Waals surface area contributed by atoms with E-state index in [2.05, 4.69) is 42.6 Å². The molecule has 0 aliphatic carbocycles. The molecule has 0 aromatic heterocycles. The van der Waals surface area contributed by atoms with Gasteiger partial charge in [-0.2, -0.15) is 13.2 Å². The molecule has 16 heteroatoms. The highest BCUT2D eigenvalue weighted by atomic mass is 79.9. The summed E-state index contributed by atoms with van der Waals surface area (Å²) in [4.78, 5) is 15.8. The van der Waals surface area contributed by atoms with Crippen molar-refractivity contribution < 1.29 is 63.8 Å². The number of rotatable bonds is 4. The first-order valence-corrected chi connectivity index (χ1v) is 10.2. The van der Waals surface area contributed by atoms with Gasteiger partial charge in [0.15, 0.2) is 0 Å². The highest BCUT2D eigenvalue weighted by Crippen LogP contribution is 2.42. The fraction of sp³-hybridized carbons (Fsp3) is 0.500. The molecule has 2 aliphatic heterocycles. The maximum Gasteiger partial charge on any atom is 0.430 e. The topological polar surface area (TPSA) is 212 Å². The van der Waals surface area contributed by atoms with Crippen LogP contribution in [0.5, 0.6) is 5.75 Å². The molecule has 34 heavy (non-hydrogen) atoms. The number of aliphatic hydroxyl groups is 4. The van der Waals surface area contributed by atoms with E-state index >= 15 is 0 Å². The smallest absolute Gasteiger partial charge is 0.430 e. The Morgan fingerprint density at radius 1 is 1.24 bits per heavy atom. The Labute approximate surface area is 200 Å². The van der Waals surface area contributed by atoms with Gasteiger partial charge in [0.2, 0.25) is 12.9 Å². The molecule has 0 amide bonds. The van der Waals surface area contributed by atoms with Crippen molar-refractivity contribution in [3.63, 3.8) is 0 Å². The Morgan fingerprint density at radius 2 is 1.79 bits per heavy atom. The predicted octanol–water partition coefficient (Wildman–Crippen LogP) is -0.770. The number of aliphatic hydroxyl groups excluding tert-OH is 1. The van der Waals surface area contributed by atoms with E-state index in [-0.39, 0.29) is 10.0 Å². The van der Waals surface area contributed by atoms with Crippen LogP contribution in [-0.4, -0.2) is 70.9 Å². The maximum atomic E-state index is 13.2. The van der Waals surface area contributed by atoms with Crippen LogP contribution < -0.4 is 21.8 Å². The summed E-state index contributed by atoms with van der Waals surface area (Å²) < 4.78 is 49.1. The van der Waals surface area contributed by atoms with Crippen molar-refractivity contribution in [2.24, 2.45) is 5.90 Å². The molecule has 0 spiro atoms. The van der Waals surface area contributed by atoms with Crippen LogP contribution in [0.4, 0.5) is 13.2 Å². The van der Waals surface area contributed by atoms with Gasteiger partial charge < -0.3 is 35.2 Å². The molecular weight excluding hydrogens is 539 g/mol. The fourth-order valence-electron chi connectivity index (χ4n) is 2.73. The van der Waals surface area contributed by atoms with Crippen LogP contribution in [0.2, 0.25) is 0 Å². The molecule has 1 unspecified atom stereocenters. The molecule has 12 nitrogen and oxygen atoms in total. The van der Waals surface area contributed by atoms with Gasteiger partial charge in [0.1, 0.15) is 5.75 Å². The first-order chi connectivity index (χ1) is 15.9. The zero-order valence-corrected chi connectivity index (χ0v) is 19.6. The number of alkyl halides is 3. The number of fused-ring (bicyclic) bond motifs is 1. The van der Waals surface area contributed by atoms with E-state index in [0.717, 1.165) is 19.3 Å². The van der Waals surface area contributed by atoms with Gasteiger partial charge in [0, 0.05) is 17.1 Å². The summed E-state index contributed by atoms with van der Waals surface area (Å²) in [6.45, 7) is 1.71. The van der Waals surface area contributed by atoms with Crippen LogP contribution in [-0.2, 0) is 20.3 Å². The zero-order valence-electron chi connectivity index (χ0n) is 18.0. The molecule has 2 heterocycles. The Hall–Kier alpha value is -1.86. The van der Waals surface area contributed by atoms with E-state index in [1.54, 1.807) is 0 Å². The second-order valence-electron chi connectivity index (χ2n) is 6.32. The number of esters is 1. The molecule has 0 radical (unpaired) electrons. The van der Waals surface area contributed by atoms with Gasteiger partial charge in [0.05, 0.1) is 11.1 Å². The third-order valence-corrected chi connectivity index (χ3v) is 4.48. The Morgan fingerprint density at radius 3 is 2.21 bits per heavy atom. The molecule has 1 fully saturated rings. The van der Waals surface area contributed by atoms with Gasteiger partial charge in [-0.05, 0) is 44.1 Å². The number of carbonyl (C=O) groups excluding carboxylic acids is 1. The molecule has 1 aromatic rings. The van der Waals surface area contributed by atoms with Crippen molar-refractivity contribution in [1.82, 2.24) is 5.32 Å². The SMILES string of the molecule is C1CCNC1.CO.NOCOC(=O)C1=Cc2cc(Br)cc(C(O)(O)O)c2OC1C(F)(F)F.[NH3+]O. The van der Waals surface area contributed by atoms with Crippen LogP contribution in [0.15, 0.2) is 22.2 Å². The molecular formula is C18H28BrF3N3O9+.